The van der Waals surface area contributed by atoms with Crippen LogP contribution in [0.3, 0.4) is 0 Å². The van der Waals surface area contributed by atoms with Gasteiger partial charge >= 0.3 is 0 Å². The predicted octanol–water partition coefficient (Wildman–Crippen LogP) is -0.318. The molecule has 1 atom stereocenters. The van der Waals surface area contributed by atoms with E-state index in [0.717, 1.165) is 13.1 Å². The SMILES string of the molecule is PN1CCNCC1. The Morgan fingerprint density at radius 3 is 2.14 bits per heavy atom. The Hall–Kier alpha value is 0.350. The van der Waals surface area contributed by atoms with E-state index in [4.69, 9.17) is 0 Å². The van der Waals surface area contributed by atoms with Crippen molar-refractivity contribution < 1.29 is 0 Å². The molecule has 0 bridgehead atoms. The Labute approximate surface area is 46.5 Å². The van der Waals surface area contributed by atoms with Gasteiger partial charge in [0.25, 0.3) is 0 Å². The molecule has 1 aliphatic rings. The third-order valence-electron chi connectivity index (χ3n) is 1.15. The second-order valence-electron chi connectivity index (χ2n) is 1.79. The minimum absolute atomic E-state index is 1.14. The average Bonchev–Trinajstić information content (AvgIpc) is 1.69. The highest BCUT2D eigenvalue weighted by Gasteiger charge is 2.01. The first kappa shape index (κ1) is 5.49. The Kier molecular flexibility index (Phi) is 2.04. The zero-order valence-corrected chi connectivity index (χ0v) is 5.51. The van der Waals surface area contributed by atoms with Crippen molar-refractivity contribution in [1.29, 1.82) is 0 Å². The summed E-state index contributed by atoms with van der Waals surface area (Å²) >= 11 is 0. The molecule has 0 aromatic heterocycles. The Balaban J connectivity index is 2.12. The van der Waals surface area contributed by atoms with Crippen molar-refractivity contribution >= 4 is 9.39 Å². The van der Waals surface area contributed by atoms with Gasteiger partial charge in [-0.2, -0.15) is 0 Å². The van der Waals surface area contributed by atoms with Gasteiger partial charge in [0.15, 0.2) is 0 Å². The summed E-state index contributed by atoms with van der Waals surface area (Å²) < 4.78 is 2.25. The van der Waals surface area contributed by atoms with Crippen molar-refractivity contribution in [2.45, 2.75) is 0 Å². The molecular weight excluding hydrogens is 107 g/mol. The van der Waals surface area contributed by atoms with Gasteiger partial charge in [-0.3, -0.25) is 4.67 Å². The molecule has 0 aliphatic carbocycles. The number of nitrogens with one attached hydrogen (secondary N) is 1. The van der Waals surface area contributed by atoms with E-state index in [1.54, 1.807) is 0 Å². The van der Waals surface area contributed by atoms with E-state index in [1.165, 1.54) is 13.1 Å². The van der Waals surface area contributed by atoms with Gasteiger partial charge in [0.05, 0.1) is 0 Å². The topological polar surface area (TPSA) is 15.3 Å². The summed E-state index contributed by atoms with van der Waals surface area (Å²) in [5, 5.41) is 3.26. The molecule has 0 radical (unpaired) electrons. The van der Waals surface area contributed by atoms with E-state index < -0.39 is 0 Å². The van der Waals surface area contributed by atoms with Crippen molar-refractivity contribution in [3.05, 3.63) is 0 Å². The lowest BCUT2D eigenvalue weighted by molar-refractivity contribution is 0.395. The highest BCUT2D eigenvalue weighted by Crippen LogP contribution is 1.96. The average molecular weight is 118 g/mol. The predicted molar refractivity (Wildman–Crippen MR) is 34.2 cm³/mol. The lowest BCUT2D eigenvalue weighted by Gasteiger charge is -2.21. The van der Waals surface area contributed by atoms with Crippen LogP contribution < -0.4 is 5.32 Å². The van der Waals surface area contributed by atoms with Crippen LogP contribution >= 0.6 is 9.39 Å². The molecule has 0 aromatic rings. The fourth-order valence-electron chi connectivity index (χ4n) is 0.682. The number of rotatable bonds is 0. The second-order valence-corrected chi connectivity index (χ2v) is 2.52. The molecule has 1 N–H and O–H groups in total. The molecular formula is C4H11N2P. The van der Waals surface area contributed by atoms with Crippen LogP contribution in [-0.4, -0.2) is 30.8 Å². The van der Waals surface area contributed by atoms with E-state index in [1.807, 2.05) is 0 Å². The van der Waals surface area contributed by atoms with Crippen LogP contribution in [0.4, 0.5) is 0 Å². The van der Waals surface area contributed by atoms with Gasteiger partial charge in [0, 0.05) is 26.2 Å². The fraction of sp³-hybridized carbons (Fsp3) is 1.00. The van der Waals surface area contributed by atoms with E-state index >= 15 is 0 Å². The second kappa shape index (κ2) is 2.61. The summed E-state index contributed by atoms with van der Waals surface area (Å²) in [5.74, 6) is 0. The van der Waals surface area contributed by atoms with Crippen molar-refractivity contribution in [3.8, 4) is 0 Å². The third kappa shape index (κ3) is 1.72. The summed E-state index contributed by atoms with van der Waals surface area (Å²) in [6, 6.07) is 0. The summed E-state index contributed by atoms with van der Waals surface area (Å²) in [5.41, 5.74) is 0. The maximum absolute atomic E-state index is 3.26. The highest BCUT2D eigenvalue weighted by atomic mass is 31.0. The fourth-order valence-corrected chi connectivity index (χ4v) is 0.940. The number of hydrogen-bond acceptors (Lipinski definition) is 2. The van der Waals surface area contributed by atoms with E-state index in [0.29, 0.717) is 0 Å². The molecule has 42 valence electrons. The van der Waals surface area contributed by atoms with Crippen LogP contribution in [0.1, 0.15) is 0 Å². The Bertz CT molecular complexity index is 51.7. The molecule has 1 unspecified atom stereocenters. The van der Waals surface area contributed by atoms with Gasteiger partial charge in [-0.15, -0.1) is 0 Å². The number of hydrogen-bond donors (Lipinski definition) is 1. The Morgan fingerprint density at radius 2 is 1.86 bits per heavy atom. The first-order chi connectivity index (χ1) is 3.39. The van der Waals surface area contributed by atoms with Gasteiger partial charge in [-0.05, 0) is 0 Å². The summed E-state index contributed by atoms with van der Waals surface area (Å²) in [7, 11) is 2.70. The lowest BCUT2D eigenvalue weighted by Crippen LogP contribution is -2.37. The first-order valence-electron chi connectivity index (χ1n) is 2.60. The molecule has 0 aromatic carbocycles. The minimum Gasteiger partial charge on any atom is -0.314 e. The summed E-state index contributed by atoms with van der Waals surface area (Å²) in [4.78, 5) is 0. The minimum atomic E-state index is 1.14. The van der Waals surface area contributed by atoms with Crippen molar-refractivity contribution in [2.75, 3.05) is 26.2 Å². The van der Waals surface area contributed by atoms with Crippen molar-refractivity contribution in [3.63, 3.8) is 0 Å². The van der Waals surface area contributed by atoms with E-state index in [-0.39, 0.29) is 0 Å². The van der Waals surface area contributed by atoms with Crippen LogP contribution in [0.5, 0.6) is 0 Å². The van der Waals surface area contributed by atoms with Gasteiger partial charge in [-0.1, -0.05) is 9.39 Å². The lowest BCUT2D eigenvalue weighted by atomic mass is 10.4. The molecule has 1 fully saturated rings. The molecule has 1 heterocycles. The maximum atomic E-state index is 3.26. The quantitative estimate of drug-likeness (QED) is 0.438. The van der Waals surface area contributed by atoms with Crippen LogP contribution in [0.25, 0.3) is 0 Å². The standard InChI is InChI=1S/C4H11N2P/c7-6-3-1-5-2-4-6/h5H,1-4,7H2. The molecule has 0 spiro atoms. The van der Waals surface area contributed by atoms with Crippen molar-refractivity contribution in [1.82, 2.24) is 9.99 Å². The zero-order valence-electron chi connectivity index (χ0n) is 4.35. The molecule has 0 saturated carbocycles. The van der Waals surface area contributed by atoms with Crippen LogP contribution in [0.2, 0.25) is 0 Å². The molecule has 1 aliphatic heterocycles. The molecule has 7 heavy (non-hydrogen) atoms. The van der Waals surface area contributed by atoms with Gasteiger partial charge in [-0.25, -0.2) is 0 Å². The van der Waals surface area contributed by atoms with E-state index in [9.17, 15) is 0 Å². The summed E-state index contributed by atoms with van der Waals surface area (Å²) in [6.07, 6.45) is 0. The molecule has 3 heteroatoms. The third-order valence-corrected chi connectivity index (χ3v) is 1.67. The molecule has 1 saturated heterocycles. The van der Waals surface area contributed by atoms with Crippen LogP contribution in [-0.2, 0) is 0 Å². The van der Waals surface area contributed by atoms with E-state index in [2.05, 4.69) is 19.4 Å². The smallest absolute Gasteiger partial charge is 0.0142 e. The van der Waals surface area contributed by atoms with Gasteiger partial charge in [0.1, 0.15) is 0 Å². The highest BCUT2D eigenvalue weighted by molar-refractivity contribution is 7.13. The molecule has 1 rings (SSSR count). The number of piperazine rings is 1. The molecule has 2 nitrogen and oxygen atoms in total. The maximum Gasteiger partial charge on any atom is 0.0142 e. The van der Waals surface area contributed by atoms with Gasteiger partial charge in [0.2, 0.25) is 0 Å². The summed E-state index contributed by atoms with van der Waals surface area (Å²) in [6.45, 7) is 4.63. The number of nitrogens with zero attached hydrogens (tertiary/aromatic N) is 1. The van der Waals surface area contributed by atoms with Crippen molar-refractivity contribution in [2.24, 2.45) is 0 Å². The largest absolute Gasteiger partial charge is 0.314 e. The zero-order chi connectivity index (χ0) is 5.11. The Morgan fingerprint density at radius 1 is 1.29 bits per heavy atom. The van der Waals surface area contributed by atoms with Crippen LogP contribution in [0, 0.1) is 0 Å². The molecule has 0 amide bonds. The van der Waals surface area contributed by atoms with Crippen LogP contribution in [0.15, 0.2) is 0 Å². The van der Waals surface area contributed by atoms with Gasteiger partial charge < -0.3 is 5.32 Å². The monoisotopic (exact) mass is 118 g/mol. The first-order valence-corrected chi connectivity index (χ1v) is 3.11. The normalized spacial score (nSPS) is 25.3.